The zero-order chi connectivity index (χ0) is 19.3. The van der Waals surface area contributed by atoms with E-state index in [-0.39, 0.29) is 0 Å². The minimum Gasteiger partial charge on any atom is -0.486 e. The summed E-state index contributed by atoms with van der Waals surface area (Å²) in [4.78, 5) is 23.9. The van der Waals surface area contributed by atoms with Gasteiger partial charge in [-0.1, -0.05) is 12.1 Å². The van der Waals surface area contributed by atoms with Crippen LogP contribution in [-0.2, 0) is 14.3 Å². The fourth-order valence-corrected chi connectivity index (χ4v) is 3.16. The number of benzene rings is 2. The van der Waals surface area contributed by atoms with Gasteiger partial charge in [0.15, 0.2) is 18.1 Å². The Bertz CT molecular complexity index is 1060. The van der Waals surface area contributed by atoms with Gasteiger partial charge in [0.25, 0.3) is 5.91 Å². The Kier molecular flexibility index (Phi) is 5.16. The van der Waals surface area contributed by atoms with E-state index in [1.165, 1.54) is 6.08 Å². The molecule has 0 saturated carbocycles. The van der Waals surface area contributed by atoms with E-state index >= 15 is 0 Å². The van der Waals surface area contributed by atoms with Crippen molar-refractivity contribution in [2.75, 3.05) is 25.1 Å². The van der Waals surface area contributed by atoms with Gasteiger partial charge in [-0.3, -0.25) is 4.79 Å². The van der Waals surface area contributed by atoms with Gasteiger partial charge in [0, 0.05) is 6.08 Å². The number of hydrogen-bond acceptors (Lipinski definition) is 8. The molecule has 0 bridgehead atoms. The van der Waals surface area contributed by atoms with Gasteiger partial charge in [-0.05, 0) is 35.9 Å². The van der Waals surface area contributed by atoms with E-state index in [1.807, 2.05) is 0 Å². The van der Waals surface area contributed by atoms with Crippen molar-refractivity contribution < 1.29 is 23.8 Å². The van der Waals surface area contributed by atoms with Crippen molar-refractivity contribution in [1.82, 2.24) is 8.75 Å². The lowest BCUT2D eigenvalue weighted by atomic mass is 10.2. The van der Waals surface area contributed by atoms with Gasteiger partial charge in [0.2, 0.25) is 0 Å². The van der Waals surface area contributed by atoms with Crippen LogP contribution in [0.5, 0.6) is 11.5 Å². The fourth-order valence-electron chi connectivity index (χ4n) is 2.61. The van der Waals surface area contributed by atoms with Crippen molar-refractivity contribution >= 4 is 46.4 Å². The fraction of sp³-hybridized carbons (Fsp3) is 0.158. The van der Waals surface area contributed by atoms with Crippen LogP contribution in [0.3, 0.4) is 0 Å². The summed E-state index contributed by atoms with van der Waals surface area (Å²) in [6, 6.07) is 10.6. The minimum absolute atomic E-state index is 0.404. The van der Waals surface area contributed by atoms with Gasteiger partial charge in [0.1, 0.15) is 24.2 Å². The molecule has 142 valence electrons. The molecule has 2 aromatic carbocycles. The third kappa shape index (κ3) is 4.09. The lowest BCUT2D eigenvalue weighted by molar-refractivity contribution is -0.142. The van der Waals surface area contributed by atoms with E-state index in [1.54, 1.807) is 42.5 Å². The van der Waals surface area contributed by atoms with Gasteiger partial charge in [0.05, 0.1) is 17.4 Å². The summed E-state index contributed by atoms with van der Waals surface area (Å²) in [5.74, 6) is 0.222. The summed E-state index contributed by atoms with van der Waals surface area (Å²) < 4.78 is 24.2. The predicted molar refractivity (Wildman–Crippen MR) is 103 cm³/mol. The van der Waals surface area contributed by atoms with E-state index < -0.39 is 18.5 Å². The molecule has 1 amide bonds. The maximum Gasteiger partial charge on any atom is 0.331 e. The summed E-state index contributed by atoms with van der Waals surface area (Å²) in [5, 5.41) is 2.67. The molecule has 1 aromatic heterocycles. The Hall–Kier alpha value is -3.46. The Morgan fingerprint density at radius 3 is 2.89 bits per heavy atom. The summed E-state index contributed by atoms with van der Waals surface area (Å²) in [6.45, 7) is 0.602. The third-order valence-electron chi connectivity index (χ3n) is 3.88. The topological polar surface area (TPSA) is 99.6 Å². The Morgan fingerprint density at radius 2 is 2.00 bits per heavy atom. The summed E-state index contributed by atoms with van der Waals surface area (Å²) >= 11 is 1.06. The SMILES string of the molecule is O=C(COC(=O)/C=C/c1ccc2c(c1)OCCO2)Nc1cccc2nsnc12. The number of esters is 1. The van der Waals surface area contributed by atoms with Gasteiger partial charge in [-0.15, -0.1) is 0 Å². The standard InChI is InChI=1S/C19H15N3O5S/c23-17(20-13-2-1-3-14-19(13)22-28-21-14)11-27-18(24)7-5-12-4-6-15-16(10-12)26-9-8-25-15/h1-7,10H,8-9,11H2,(H,20,23)/b7-5+. The van der Waals surface area contributed by atoms with E-state index in [0.717, 1.165) is 17.3 Å². The maximum atomic E-state index is 12.0. The lowest BCUT2D eigenvalue weighted by Crippen LogP contribution is -2.20. The van der Waals surface area contributed by atoms with E-state index in [4.69, 9.17) is 14.2 Å². The number of rotatable bonds is 5. The van der Waals surface area contributed by atoms with E-state index in [0.29, 0.717) is 41.4 Å². The average Bonchev–Trinajstić information content (AvgIpc) is 3.20. The number of amides is 1. The average molecular weight is 397 g/mol. The summed E-state index contributed by atoms with van der Waals surface area (Å²) in [5.41, 5.74) is 2.58. The molecule has 28 heavy (non-hydrogen) atoms. The molecule has 0 unspecified atom stereocenters. The number of nitrogens with zero attached hydrogens (tertiary/aromatic N) is 2. The predicted octanol–water partition coefficient (Wildman–Crippen LogP) is 2.66. The Morgan fingerprint density at radius 1 is 1.14 bits per heavy atom. The van der Waals surface area contributed by atoms with Crippen molar-refractivity contribution in [3.63, 3.8) is 0 Å². The van der Waals surface area contributed by atoms with Crippen molar-refractivity contribution in [2.24, 2.45) is 0 Å². The highest BCUT2D eigenvalue weighted by Gasteiger charge is 2.12. The normalized spacial score (nSPS) is 12.9. The number of ether oxygens (including phenoxy) is 3. The van der Waals surface area contributed by atoms with Gasteiger partial charge in [-0.25, -0.2) is 4.79 Å². The second-order valence-electron chi connectivity index (χ2n) is 5.83. The van der Waals surface area contributed by atoms with E-state index in [2.05, 4.69) is 14.1 Å². The van der Waals surface area contributed by atoms with Crippen LogP contribution in [0.4, 0.5) is 5.69 Å². The highest BCUT2D eigenvalue weighted by Crippen LogP contribution is 2.31. The zero-order valence-electron chi connectivity index (χ0n) is 14.6. The molecule has 4 rings (SSSR count). The highest BCUT2D eigenvalue weighted by molar-refractivity contribution is 7.00. The first kappa shape index (κ1) is 17.9. The second kappa shape index (κ2) is 8.05. The molecular weight excluding hydrogens is 382 g/mol. The van der Waals surface area contributed by atoms with Crippen LogP contribution in [0.2, 0.25) is 0 Å². The first-order chi connectivity index (χ1) is 13.7. The number of aromatic nitrogens is 2. The number of nitrogens with one attached hydrogen (secondary N) is 1. The number of carbonyl (C=O) groups is 2. The number of hydrogen-bond donors (Lipinski definition) is 1. The highest BCUT2D eigenvalue weighted by atomic mass is 32.1. The number of fused-ring (bicyclic) bond motifs is 2. The van der Waals surface area contributed by atoms with Crippen LogP contribution >= 0.6 is 11.7 Å². The quantitative estimate of drug-likeness (QED) is 0.522. The van der Waals surface area contributed by atoms with E-state index in [9.17, 15) is 9.59 Å². The molecule has 1 aliphatic heterocycles. The molecule has 0 atom stereocenters. The van der Waals surface area contributed by atoms with Crippen LogP contribution in [0, 0.1) is 0 Å². The summed E-state index contributed by atoms with van der Waals surface area (Å²) in [6.07, 6.45) is 2.84. The first-order valence-corrected chi connectivity index (χ1v) is 9.18. The van der Waals surface area contributed by atoms with Crippen LogP contribution in [0.15, 0.2) is 42.5 Å². The molecule has 0 fully saturated rings. The summed E-state index contributed by atoms with van der Waals surface area (Å²) in [7, 11) is 0. The van der Waals surface area contributed by atoms with Crippen molar-refractivity contribution in [2.45, 2.75) is 0 Å². The largest absolute Gasteiger partial charge is 0.486 e. The maximum absolute atomic E-state index is 12.0. The molecule has 0 radical (unpaired) electrons. The van der Waals surface area contributed by atoms with Gasteiger partial charge in [-0.2, -0.15) is 8.75 Å². The Labute approximate surface area is 164 Å². The minimum atomic E-state index is -0.626. The van der Waals surface area contributed by atoms with Gasteiger partial charge < -0.3 is 19.5 Å². The smallest absolute Gasteiger partial charge is 0.331 e. The molecule has 8 nitrogen and oxygen atoms in total. The lowest BCUT2D eigenvalue weighted by Gasteiger charge is -2.18. The molecule has 9 heteroatoms. The number of carbonyl (C=O) groups excluding carboxylic acids is 2. The van der Waals surface area contributed by atoms with Crippen LogP contribution in [-0.4, -0.2) is 40.4 Å². The molecule has 3 aromatic rings. The molecular formula is C19H15N3O5S. The van der Waals surface area contributed by atoms with Crippen LogP contribution in [0.1, 0.15) is 5.56 Å². The zero-order valence-corrected chi connectivity index (χ0v) is 15.4. The monoisotopic (exact) mass is 397 g/mol. The third-order valence-corrected chi connectivity index (χ3v) is 4.43. The molecule has 0 saturated heterocycles. The van der Waals surface area contributed by atoms with Crippen LogP contribution < -0.4 is 14.8 Å². The van der Waals surface area contributed by atoms with Crippen LogP contribution in [0.25, 0.3) is 17.1 Å². The molecule has 2 heterocycles. The Balaban J connectivity index is 1.31. The molecule has 0 aliphatic carbocycles. The van der Waals surface area contributed by atoms with Gasteiger partial charge >= 0.3 is 5.97 Å². The number of anilines is 1. The first-order valence-electron chi connectivity index (χ1n) is 8.45. The van der Waals surface area contributed by atoms with Crippen molar-refractivity contribution in [3.8, 4) is 11.5 Å². The molecule has 0 spiro atoms. The molecule has 1 N–H and O–H groups in total. The molecule has 1 aliphatic rings. The van der Waals surface area contributed by atoms with Crippen molar-refractivity contribution in [3.05, 3.63) is 48.0 Å². The van der Waals surface area contributed by atoms with Crippen molar-refractivity contribution in [1.29, 1.82) is 0 Å². The second-order valence-corrected chi connectivity index (χ2v) is 6.36.